The predicted octanol–water partition coefficient (Wildman–Crippen LogP) is 3.48. The van der Waals surface area contributed by atoms with Crippen molar-refractivity contribution in [1.82, 2.24) is 9.97 Å². The molecular weight excluding hydrogens is 302 g/mol. The van der Waals surface area contributed by atoms with Crippen LogP contribution in [0.4, 0.5) is 11.8 Å². The summed E-state index contributed by atoms with van der Waals surface area (Å²) in [5, 5.41) is 4.59. The van der Waals surface area contributed by atoms with E-state index < -0.39 is 0 Å². The van der Waals surface area contributed by atoms with Gasteiger partial charge < -0.3 is 5.32 Å². The van der Waals surface area contributed by atoms with Crippen LogP contribution in [-0.2, 0) is 6.42 Å². The van der Waals surface area contributed by atoms with Gasteiger partial charge in [-0.25, -0.2) is 10.8 Å². The van der Waals surface area contributed by atoms with Crippen LogP contribution >= 0.6 is 23.1 Å². The number of hydrazine groups is 1. The Morgan fingerprint density at radius 3 is 2.86 bits per heavy atom. The Hall–Kier alpha value is -1.05. The smallest absolute Gasteiger partial charge is 0.240 e. The van der Waals surface area contributed by atoms with Gasteiger partial charge in [0.25, 0.3) is 0 Å². The van der Waals surface area contributed by atoms with Gasteiger partial charge >= 0.3 is 0 Å². The highest BCUT2D eigenvalue weighted by Gasteiger charge is 2.13. The number of nitrogens with zero attached hydrogens (tertiary/aromatic N) is 2. The number of nitrogen functional groups attached to an aromatic ring is 1. The van der Waals surface area contributed by atoms with Gasteiger partial charge in [0, 0.05) is 10.9 Å². The van der Waals surface area contributed by atoms with Crippen molar-refractivity contribution >= 4 is 45.1 Å². The monoisotopic (exact) mass is 325 g/mol. The van der Waals surface area contributed by atoms with Gasteiger partial charge in [-0.1, -0.05) is 13.8 Å². The molecule has 21 heavy (non-hydrogen) atoms. The molecule has 116 valence electrons. The molecule has 0 aromatic carbocycles. The van der Waals surface area contributed by atoms with Crippen LogP contribution in [-0.4, -0.2) is 27.5 Å². The fourth-order valence-electron chi connectivity index (χ4n) is 2.03. The molecule has 0 aliphatic rings. The lowest BCUT2D eigenvalue weighted by Crippen LogP contribution is -2.18. The molecule has 0 aliphatic heterocycles. The Morgan fingerprint density at radius 2 is 2.19 bits per heavy atom. The quantitative estimate of drug-likeness (QED) is 0.392. The Labute approximate surface area is 134 Å². The number of aromatic nitrogens is 2. The number of thioether (sulfide) groups is 1. The van der Waals surface area contributed by atoms with Crippen LogP contribution < -0.4 is 16.6 Å². The molecule has 0 fully saturated rings. The summed E-state index contributed by atoms with van der Waals surface area (Å²) >= 11 is 3.66. The van der Waals surface area contributed by atoms with Gasteiger partial charge in [-0.15, -0.1) is 11.3 Å². The molecule has 4 N–H and O–H groups in total. The first kappa shape index (κ1) is 16.3. The summed E-state index contributed by atoms with van der Waals surface area (Å²) < 4.78 is 0. The van der Waals surface area contributed by atoms with Gasteiger partial charge in [-0.05, 0) is 37.3 Å². The molecule has 1 unspecified atom stereocenters. The van der Waals surface area contributed by atoms with Crippen molar-refractivity contribution in [2.75, 3.05) is 22.2 Å². The molecule has 0 aliphatic carbocycles. The zero-order valence-electron chi connectivity index (χ0n) is 12.8. The molecule has 0 spiro atoms. The minimum atomic E-state index is 0.373. The molecule has 0 amide bonds. The third-order valence-corrected chi connectivity index (χ3v) is 5.31. The van der Waals surface area contributed by atoms with Crippen LogP contribution in [0.25, 0.3) is 10.2 Å². The summed E-state index contributed by atoms with van der Waals surface area (Å²) in [6, 6.07) is 2.55. The number of hydrogen-bond acceptors (Lipinski definition) is 7. The Kier molecular flexibility index (Phi) is 6.08. The molecule has 0 saturated heterocycles. The highest BCUT2D eigenvalue weighted by atomic mass is 32.2. The highest BCUT2D eigenvalue weighted by Crippen LogP contribution is 2.30. The number of fused-ring (bicyclic) bond motifs is 1. The van der Waals surface area contributed by atoms with Gasteiger partial charge in [-0.2, -0.15) is 16.7 Å². The van der Waals surface area contributed by atoms with E-state index in [4.69, 9.17) is 5.84 Å². The Morgan fingerprint density at radius 1 is 1.38 bits per heavy atom. The van der Waals surface area contributed by atoms with Crippen molar-refractivity contribution < 1.29 is 0 Å². The fraction of sp³-hybridized carbons (Fsp3) is 0.571. The zero-order chi connectivity index (χ0) is 15.2. The van der Waals surface area contributed by atoms with Gasteiger partial charge in [0.05, 0.1) is 5.39 Å². The Bertz CT molecular complexity index is 584. The van der Waals surface area contributed by atoms with Crippen molar-refractivity contribution in [2.24, 2.45) is 5.84 Å². The average molecular weight is 326 g/mol. The Balaban J connectivity index is 2.22. The van der Waals surface area contributed by atoms with Crippen molar-refractivity contribution in [3.8, 4) is 0 Å². The van der Waals surface area contributed by atoms with Crippen LogP contribution in [0.3, 0.4) is 0 Å². The van der Waals surface area contributed by atoms with Gasteiger partial charge in [0.1, 0.15) is 10.6 Å². The summed E-state index contributed by atoms with van der Waals surface area (Å²) in [6.07, 6.45) is 2.12. The summed E-state index contributed by atoms with van der Waals surface area (Å²) in [6.45, 7) is 6.53. The standard InChI is InChI=1S/C14H23N5S2/c1-4-10-8-11-12(16-9(3)6-7-20-5-2)17-14(19-15)18-13(11)21-10/h8-9H,4-7,15H2,1-3H3,(H2,16,17,18,19). The summed E-state index contributed by atoms with van der Waals surface area (Å²) in [5.74, 6) is 9.13. The molecule has 0 radical (unpaired) electrons. The summed E-state index contributed by atoms with van der Waals surface area (Å²) in [5.41, 5.74) is 2.55. The molecule has 2 rings (SSSR count). The third-order valence-electron chi connectivity index (χ3n) is 3.20. The first-order valence-corrected chi connectivity index (χ1v) is 9.26. The van der Waals surface area contributed by atoms with Crippen molar-refractivity contribution in [2.45, 2.75) is 39.7 Å². The summed E-state index contributed by atoms with van der Waals surface area (Å²) in [7, 11) is 0. The fourth-order valence-corrected chi connectivity index (χ4v) is 3.81. The van der Waals surface area contributed by atoms with Crippen LogP contribution in [0.5, 0.6) is 0 Å². The van der Waals surface area contributed by atoms with Crippen molar-refractivity contribution in [3.05, 3.63) is 10.9 Å². The molecule has 0 saturated carbocycles. The molecule has 7 heteroatoms. The van der Waals surface area contributed by atoms with Crippen LogP contribution in [0.1, 0.15) is 32.1 Å². The molecule has 2 aromatic rings. The lowest BCUT2D eigenvalue weighted by Gasteiger charge is -2.15. The van der Waals surface area contributed by atoms with Crippen molar-refractivity contribution in [1.29, 1.82) is 0 Å². The molecular formula is C14H23N5S2. The van der Waals surface area contributed by atoms with E-state index in [1.165, 1.54) is 4.88 Å². The largest absolute Gasteiger partial charge is 0.367 e. The zero-order valence-corrected chi connectivity index (χ0v) is 14.4. The minimum absolute atomic E-state index is 0.373. The van der Waals surface area contributed by atoms with E-state index in [-0.39, 0.29) is 0 Å². The van der Waals surface area contributed by atoms with Crippen molar-refractivity contribution in [3.63, 3.8) is 0 Å². The van der Waals surface area contributed by atoms with Gasteiger partial charge in [0.15, 0.2) is 0 Å². The first-order valence-electron chi connectivity index (χ1n) is 7.29. The number of hydrogen-bond donors (Lipinski definition) is 3. The number of aryl methyl sites for hydroxylation is 1. The maximum absolute atomic E-state index is 5.48. The number of anilines is 2. The predicted molar refractivity (Wildman–Crippen MR) is 95.3 cm³/mol. The lowest BCUT2D eigenvalue weighted by molar-refractivity contribution is 0.768. The molecule has 2 heterocycles. The number of nitrogens with one attached hydrogen (secondary N) is 2. The lowest BCUT2D eigenvalue weighted by atomic mass is 10.2. The van der Waals surface area contributed by atoms with E-state index >= 15 is 0 Å². The van der Waals surface area contributed by atoms with E-state index in [1.807, 2.05) is 11.8 Å². The minimum Gasteiger partial charge on any atom is -0.367 e. The average Bonchev–Trinajstić information content (AvgIpc) is 2.90. The van der Waals surface area contributed by atoms with E-state index in [1.54, 1.807) is 11.3 Å². The maximum Gasteiger partial charge on any atom is 0.240 e. The van der Waals surface area contributed by atoms with E-state index in [0.717, 1.165) is 40.4 Å². The SMILES string of the molecule is CCSCCC(C)Nc1nc(NN)nc2sc(CC)cc12. The van der Waals surface area contributed by atoms with E-state index in [9.17, 15) is 0 Å². The molecule has 5 nitrogen and oxygen atoms in total. The van der Waals surface area contributed by atoms with E-state index in [0.29, 0.717) is 12.0 Å². The normalized spacial score (nSPS) is 12.6. The second kappa shape index (κ2) is 7.82. The van der Waals surface area contributed by atoms with Gasteiger partial charge in [-0.3, -0.25) is 5.43 Å². The van der Waals surface area contributed by atoms with Crippen LogP contribution in [0, 0.1) is 0 Å². The summed E-state index contributed by atoms with van der Waals surface area (Å²) in [4.78, 5) is 11.2. The van der Waals surface area contributed by atoms with Crippen LogP contribution in [0.15, 0.2) is 6.07 Å². The molecule has 1 atom stereocenters. The number of thiophene rings is 1. The number of nitrogens with two attached hydrogens (primary N) is 1. The maximum atomic E-state index is 5.48. The van der Waals surface area contributed by atoms with Crippen LogP contribution in [0.2, 0.25) is 0 Å². The third kappa shape index (κ3) is 4.21. The topological polar surface area (TPSA) is 75.9 Å². The first-order chi connectivity index (χ1) is 10.2. The van der Waals surface area contributed by atoms with E-state index in [2.05, 4.69) is 47.5 Å². The second-order valence-corrected chi connectivity index (χ2v) is 7.37. The molecule has 2 aromatic heterocycles. The van der Waals surface area contributed by atoms with Gasteiger partial charge in [0.2, 0.25) is 5.95 Å². The second-order valence-electron chi connectivity index (χ2n) is 4.86. The molecule has 0 bridgehead atoms. The number of rotatable bonds is 8. The highest BCUT2D eigenvalue weighted by molar-refractivity contribution is 7.99.